The molecule has 16 heavy (non-hydrogen) atoms. The molecule has 0 fully saturated rings. The molecule has 0 saturated heterocycles. The van der Waals surface area contributed by atoms with E-state index in [2.05, 4.69) is 0 Å². The summed E-state index contributed by atoms with van der Waals surface area (Å²) in [5.41, 5.74) is 0. The van der Waals surface area contributed by atoms with Crippen LogP contribution in [0.25, 0.3) is 10.8 Å². The summed E-state index contributed by atoms with van der Waals surface area (Å²) in [5.74, 6) is 0.326. The van der Waals surface area contributed by atoms with Crippen LogP contribution in [0.3, 0.4) is 0 Å². The third kappa shape index (κ3) is 2.06. The summed E-state index contributed by atoms with van der Waals surface area (Å²) in [6.45, 7) is 3.65. The Balaban J connectivity index is 2.41. The number of carbonyl (C=O) groups excluding carboxylic acids is 1. The summed E-state index contributed by atoms with van der Waals surface area (Å²) < 4.78 is 5.35. The topological polar surface area (TPSA) is 26.3 Å². The molecule has 0 heterocycles. The molecule has 82 valence electrons. The molecule has 2 heteroatoms. The van der Waals surface area contributed by atoms with E-state index in [1.807, 2.05) is 56.3 Å². The molecular formula is C14H14O2. The molecule has 0 aliphatic carbocycles. The molecule has 2 rings (SSSR count). The second kappa shape index (κ2) is 4.35. The summed E-state index contributed by atoms with van der Waals surface area (Å²) in [6.07, 6.45) is 0. The zero-order valence-electron chi connectivity index (χ0n) is 9.44. The number of hydrogen-bond donors (Lipinski definition) is 0. The van der Waals surface area contributed by atoms with E-state index in [4.69, 9.17) is 4.74 Å². The standard InChI is InChI=1S/C14H14O2/c1-10(2)14(15)16-13-9-5-7-11-6-3-4-8-12(11)13/h3-10H,1-2H3. The predicted molar refractivity (Wildman–Crippen MR) is 64.4 cm³/mol. The summed E-state index contributed by atoms with van der Waals surface area (Å²) in [5, 5.41) is 2.05. The number of rotatable bonds is 2. The fourth-order valence-electron chi connectivity index (χ4n) is 1.51. The average Bonchev–Trinajstić information content (AvgIpc) is 2.29. The Hall–Kier alpha value is -1.83. The molecule has 2 aromatic rings. The largest absolute Gasteiger partial charge is 0.426 e. The first-order valence-corrected chi connectivity index (χ1v) is 5.38. The fraction of sp³-hybridized carbons (Fsp3) is 0.214. The van der Waals surface area contributed by atoms with Crippen molar-refractivity contribution in [2.24, 2.45) is 5.92 Å². The monoisotopic (exact) mass is 214 g/mol. The lowest BCUT2D eigenvalue weighted by Gasteiger charge is -2.09. The number of carbonyl (C=O) groups is 1. The highest BCUT2D eigenvalue weighted by molar-refractivity contribution is 5.90. The summed E-state index contributed by atoms with van der Waals surface area (Å²) in [6, 6.07) is 13.6. The highest BCUT2D eigenvalue weighted by Crippen LogP contribution is 2.25. The molecule has 2 nitrogen and oxygen atoms in total. The van der Waals surface area contributed by atoms with Gasteiger partial charge < -0.3 is 4.74 Å². The summed E-state index contributed by atoms with van der Waals surface area (Å²) in [4.78, 5) is 11.5. The van der Waals surface area contributed by atoms with Gasteiger partial charge in [-0.1, -0.05) is 50.2 Å². The van der Waals surface area contributed by atoms with Crippen LogP contribution >= 0.6 is 0 Å². The highest BCUT2D eigenvalue weighted by Gasteiger charge is 2.11. The highest BCUT2D eigenvalue weighted by atomic mass is 16.5. The van der Waals surface area contributed by atoms with Crippen LogP contribution < -0.4 is 4.74 Å². The van der Waals surface area contributed by atoms with E-state index >= 15 is 0 Å². The van der Waals surface area contributed by atoms with Gasteiger partial charge in [0.2, 0.25) is 0 Å². The van der Waals surface area contributed by atoms with Gasteiger partial charge in [-0.25, -0.2) is 0 Å². The van der Waals surface area contributed by atoms with Gasteiger partial charge in [-0.2, -0.15) is 0 Å². The first-order valence-electron chi connectivity index (χ1n) is 5.38. The molecule has 0 aliphatic rings. The summed E-state index contributed by atoms with van der Waals surface area (Å²) in [7, 11) is 0. The molecule has 0 amide bonds. The zero-order chi connectivity index (χ0) is 11.5. The molecule has 0 saturated carbocycles. The number of esters is 1. The molecule has 2 aromatic carbocycles. The van der Waals surface area contributed by atoms with E-state index in [0.717, 1.165) is 10.8 Å². The SMILES string of the molecule is CC(C)C(=O)Oc1cccc2ccccc12. The Bertz CT molecular complexity index is 510. The van der Waals surface area contributed by atoms with Crippen molar-refractivity contribution >= 4 is 16.7 Å². The van der Waals surface area contributed by atoms with E-state index in [0.29, 0.717) is 5.75 Å². The van der Waals surface area contributed by atoms with Crippen molar-refractivity contribution in [1.82, 2.24) is 0 Å². The Morgan fingerprint density at radius 1 is 1.06 bits per heavy atom. The molecule has 0 aliphatic heterocycles. The van der Waals surface area contributed by atoms with Crippen molar-refractivity contribution in [2.75, 3.05) is 0 Å². The molecule has 0 atom stereocenters. The molecule has 0 N–H and O–H groups in total. The molecule has 0 aromatic heterocycles. The Morgan fingerprint density at radius 2 is 1.75 bits per heavy atom. The Kier molecular flexibility index (Phi) is 2.91. The van der Waals surface area contributed by atoms with Gasteiger partial charge in [0.1, 0.15) is 5.75 Å². The molecule has 0 unspecified atom stereocenters. The van der Waals surface area contributed by atoms with Gasteiger partial charge in [-0.15, -0.1) is 0 Å². The van der Waals surface area contributed by atoms with Gasteiger partial charge in [0.15, 0.2) is 0 Å². The molecule has 0 spiro atoms. The Morgan fingerprint density at radius 3 is 2.50 bits per heavy atom. The van der Waals surface area contributed by atoms with Crippen molar-refractivity contribution in [2.45, 2.75) is 13.8 Å². The quantitative estimate of drug-likeness (QED) is 0.565. The van der Waals surface area contributed by atoms with Crippen LogP contribution in [0, 0.1) is 5.92 Å². The molecular weight excluding hydrogens is 200 g/mol. The van der Waals surface area contributed by atoms with E-state index < -0.39 is 0 Å². The van der Waals surface area contributed by atoms with Crippen LogP contribution in [-0.2, 0) is 4.79 Å². The third-order valence-electron chi connectivity index (χ3n) is 2.43. The van der Waals surface area contributed by atoms with E-state index in [9.17, 15) is 4.79 Å². The van der Waals surface area contributed by atoms with Crippen LogP contribution in [0.5, 0.6) is 5.75 Å². The van der Waals surface area contributed by atoms with Gasteiger partial charge in [0.25, 0.3) is 0 Å². The van der Waals surface area contributed by atoms with E-state index in [-0.39, 0.29) is 11.9 Å². The minimum atomic E-state index is -0.198. The maximum Gasteiger partial charge on any atom is 0.313 e. The number of benzene rings is 2. The summed E-state index contributed by atoms with van der Waals surface area (Å²) >= 11 is 0. The van der Waals surface area contributed by atoms with Crippen LogP contribution in [0.2, 0.25) is 0 Å². The smallest absolute Gasteiger partial charge is 0.313 e. The van der Waals surface area contributed by atoms with Crippen molar-refractivity contribution < 1.29 is 9.53 Å². The van der Waals surface area contributed by atoms with Crippen molar-refractivity contribution in [3.8, 4) is 5.75 Å². The first kappa shape index (κ1) is 10.7. The maximum atomic E-state index is 11.5. The molecule has 0 bridgehead atoms. The minimum absolute atomic E-state index is 0.112. The number of ether oxygens (including phenoxy) is 1. The van der Waals surface area contributed by atoms with Gasteiger partial charge >= 0.3 is 5.97 Å². The van der Waals surface area contributed by atoms with Crippen LogP contribution in [0.15, 0.2) is 42.5 Å². The lowest BCUT2D eigenvalue weighted by Crippen LogP contribution is -2.14. The number of hydrogen-bond acceptors (Lipinski definition) is 2. The van der Waals surface area contributed by atoms with Gasteiger partial charge in [0, 0.05) is 5.39 Å². The van der Waals surface area contributed by atoms with Gasteiger partial charge in [-0.05, 0) is 11.5 Å². The van der Waals surface area contributed by atoms with Crippen LogP contribution in [-0.4, -0.2) is 5.97 Å². The van der Waals surface area contributed by atoms with Crippen LogP contribution in [0.4, 0.5) is 0 Å². The van der Waals surface area contributed by atoms with Crippen molar-refractivity contribution in [3.63, 3.8) is 0 Å². The second-order valence-corrected chi connectivity index (χ2v) is 4.05. The number of fused-ring (bicyclic) bond motifs is 1. The third-order valence-corrected chi connectivity index (χ3v) is 2.43. The van der Waals surface area contributed by atoms with Crippen molar-refractivity contribution in [3.05, 3.63) is 42.5 Å². The van der Waals surface area contributed by atoms with E-state index in [1.54, 1.807) is 0 Å². The molecule has 0 radical (unpaired) electrons. The Labute approximate surface area is 94.8 Å². The average molecular weight is 214 g/mol. The first-order chi connectivity index (χ1) is 7.68. The lowest BCUT2D eigenvalue weighted by molar-refractivity contribution is -0.137. The second-order valence-electron chi connectivity index (χ2n) is 4.05. The van der Waals surface area contributed by atoms with E-state index in [1.165, 1.54) is 0 Å². The minimum Gasteiger partial charge on any atom is -0.426 e. The lowest BCUT2D eigenvalue weighted by atomic mass is 10.1. The van der Waals surface area contributed by atoms with Crippen molar-refractivity contribution in [1.29, 1.82) is 0 Å². The maximum absolute atomic E-state index is 11.5. The zero-order valence-corrected chi connectivity index (χ0v) is 9.44. The fourth-order valence-corrected chi connectivity index (χ4v) is 1.51. The predicted octanol–water partition coefficient (Wildman–Crippen LogP) is 3.40. The van der Waals surface area contributed by atoms with Gasteiger partial charge in [0.05, 0.1) is 5.92 Å². The van der Waals surface area contributed by atoms with Crippen LogP contribution in [0.1, 0.15) is 13.8 Å². The normalized spacial score (nSPS) is 10.7. The van der Waals surface area contributed by atoms with Gasteiger partial charge in [-0.3, -0.25) is 4.79 Å².